The Kier molecular flexibility index (Phi) is 6.40. The minimum absolute atomic E-state index is 0.276. The van der Waals surface area contributed by atoms with Gasteiger partial charge in [0.1, 0.15) is 17.1 Å². The van der Waals surface area contributed by atoms with Crippen molar-refractivity contribution in [2.75, 3.05) is 13.1 Å². The van der Waals surface area contributed by atoms with Crippen LogP contribution >= 0.6 is 0 Å². The van der Waals surface area contributed by atoms with Crippen LogP contribution in [0, 0.1) is 5.92 Å². The van der Waals surface area contributed by atoms with E-state index in [1.807, 2.05) is 12.1 Å². The van der Waals surface area contributed by atoms with Crippen LogP contribution in [0.3, 0.4) is 0 Å². The van der Waals surface area contributed by atoms with Gasteiger partial charge in [0.05, 0.1) is 0 Å². The maximum absolute atomic E-state index is 11.5. The average Bonchev–Trinajstić information content (AvgIpc) is 3.58. The molecular weight excluding hydrogens is 374 g/mol. The van der Waals surface area contributed by atoms with Crippen molar-refractivity contribution < 1.29 is 9.53 Å². The maximum Gasteiger partial charge on any atom is 0.254 e. The number of nitrogens with zero attached hydrogens (tertiary/aromatic N) is 2. The Balaban J connectivity index is 1.36. The normalized spacial score (nSPS) is 13.4. The topological polar surface area (TPSA) is 68.5 Å². The maximum atomic E-state index is 11.5. The number of nitrogens with two attached hydrogens (primary N) is 1. The van der Waals surface area contributed by atoms with E-state index in [1.54, 1.807) is 12.3 Å². The van der Waals surface area contributed by atoms with E-state index in [2.05, 4.69) is 52.3 Å². The van der Waals surface area contributed by atoms with Gasteiger partial charge in [-0.1, -0.05) is 42.5 Å². The molecule has 0 unspecified atom stereocenters. The van der Waals surface area contributed by atoms with Gasteiger partial charge in [-0.15, -0.1) is 0 Å². The molecule has 30 heavy (non-hydrogen) atoms. The van der Waals surface area contributed by atoms with E-state index in [4.69, 9.17) is 10.5 Å². The van der Waals surface area contributed by atoms with Gasteiger partial charge in [-0.3, -0.25) is 14.7 Å². The average molecular weight is 402 g/mol. The Hall–Kier alpha value is -3.18. The Morgan fingerprint density at radius 2 is 1.80 bits per heavy atom. The third kappa shape index (κ3) is 5.67. The molecule has 3 aromatic rings. The first kappa shape index (κ1) is 20.1. The van der Waals surface area contributed by atoms with Gasteiger partial charge in [0.25, 0.3) is 5.91 Å². The SMILES string of the molecule is NC(=O)c1cnccc1Oc1ccc(CCN(Cc2ccccc2)CC2CC2)cc1. The van der Waals surface area contributed by atoms with E-state index in [-0.39, 0.29) is 5.56 Å². The number of hydrogen-bond donors (Lipinski definition) is 1. The molecule has 0 radical (unpaired) electrons. The summed E-state index contributed by atoms with van der Waals surface area (Å²) in [6.45, 7) is 3.20. The van der Waals surface area contributed by atoms with Crippen LogP contribution in [0.25, 0.3) is 0 Å². The Labute approximate surface area is 177 Å². The molecule has 1 saturated carbocycles. The highest BCUT2D eigenvalue weighted by atomic mass is 16.5. The molecule has 1 fully saturated rings. The predicted octanol–water partition coefficient (Wildman–Crippen LogP) is 4.43. The molecule has 0 aliphatic heterocycles. The summed E-state index contributed by atoms with van der Waals surface area (Å²) >= 11 is 0. The summed E-state index contributed by atoms with van der Waals surface area (Å²) in [5.41, 5.74) is 8.30. The van der Waals surface area contributed by atoms with Crippen molar-refractivity contribution in [3.63, 3.8) is 0 Å². The highest BCUT2D eigenvalue weighted by Crippen LogP contribution is 2.30. The van der Waals surface area contributed by atoms with Gasteiger partial charge in [-0.2, -0.15) is 0 Å². The molecule has 0 saturated heterocycles. The fourth-order valence-electron chi connectivity index (χ4n) is 3.54. The third-order valence-corrected chi connectivity index (χ3v) is 5.38. The van der Waals surface area contributed by atoms with Crippen LogP contribution in [0.15, 0.2) is 73.1 Å². The number of carbonyl (C=O) groups excluding carboxylic acids is 1. The van der Waals surface area contributed by atoms with Crippen LogP contribution in [-0.4, -0.2) is 28.9 Å². The number of hydrogen-bond acceptors (Lipinski definition) is 4. The number of rotatable bonds is 10. The number of aromatic nitrogens is 1. The van der Waals surface area contributed by atoms with Crippen LogP contribution in [-0.2, 0) is 13.0 Å². The molecule has 5 nitrogen and oxygen atoms in total. The first-order valence-corrected chi connectivity index (χ1v) is 10.4. The van der Waals surface area contributed by atoms with Crippen molar-refractivity contribution >= 4 is 5.91 Å². The molecule has 1 aliphatic carbocycles. The predicted molar refractivity (Wildman–Crippen MR) is 117 cm³/mol. The number of benzene rings is 2. The fourth-order valence-corrected chi connectivity index (χ4v) is 3.54. The van der Waals surface area contributed by atoms with Gasteiger partial charge < -0.3 is 10.5 Å². The van der Waals surface area contributed by atoms with Crippen LogP contribution in [0.2, 0.25) is 0 Å². The number of amides is 1. The van der Waals surface area contributed by atoms with Crippen LogP contribution in [0.5, 0.6) is 11.5 Å². The van der Waals surface area contributed by atoms with Crippen LogP contribution in [0.1, 0.15) is 34.3 Å². The van der Waals surface area contributed by atoms with E-state index in [0.29, 0.717) is 11.5 Å². The van der Waals surface area contributed by atoms with Crippen molar-refractivity contribution in [2.24, 2.45) is 11.7 Å². The molecule has 5 heteroatoms. The molecule has 2 aromatic carbocycles. The zero-order valence-corrected chi connectivity index (χ0v) is 17.0. The van der Waals surface area contributed by atoms with Crippen LogP contribution in [0.4, 0.5) is 0 Å². The summed E-state index contributed by atoms with van der Waals surface area (Å²) in [5, 5.41) is 0. The Bertz CT molecular complexity index is 969. The molecule has 2 N–H and O–H groups in total. The van der Waals surface area contributed by atoms with Crippen molar-refractivity contribution in [1.29, 1.82) is 0 Å². The third-order valence-electron chi connectivity index (χ3n) is 5.38. The van der Waals surface area contributed by atoms with E-state index in [0.717, 1.165) is 25.4 Å². The second-order valence-corrected chi connectivity index (χ2v) is 7.90. The first-order chi connectivity index (χ1) is 14.7. The minimum Gasteiger partial charge on any atom is -0.456 e. The lowest BCUT2D eigenvalue weighted by Crippen LogP contribution is -2.28. The summed E-state index contributed by atoms with van der Waals surface area (Å²) < 4.78 is 5.84. The fraction of sp³-hybridized carbons (Fsp3) is 0.280. The van der Waals surface area contributed by atoms with Gasteiger partial charge in [0.15, 0.2) is 0 Å². The summed E-state index contributed by atoms with van der Waals surface area (Å²) in [6, 6.07) is 20.4. The second kappa shape index (κ2) is 9.55. The van der Waals surface area contributed by atoms with Crippen LogP contribution < -0.4 is 10.5 Å². The number of primary amides is 1. The van der Waals surface area contributed by atoms with Crippen molar-refractivity contribution in [3.8, 4) is 11.5 Å². The van der Waals surface area contributed by atoms with Gasteiger partial charge in [-0.25, -0.2) is 0 Å². The molecule has 0 bridgehead atoms. The molecule has 1 amide bonds. The Morgan fingerprint density at radius 1 is 1.03 bits per heavy atom. The quantitative estimate of drug-likeness (QED) is 0.546. The zero-order chi connectivity index (χ0) is 20.8. The van der Waals surface area contributed by atoms with Gasteiger partial charge in [0, 0.05) is 32.0 Å². The van der Waals surface area contributed by atoms with Gasteiger partial charge in [0.2, 0.25) is 0 Å². The van der Waals surface area contributed by atoms with Crippen molar-refractivity contribution in [3.05, 3.63) is 89.7 Å². The summed E-state index contributed by atoms with van der Waals surface area (Å²) in [5.74, 6) is 1.41. The molecule has 1 aromatic heterocycles. The molecule has 0 atom stereocenters. The lowest BCUT2D eigenvalue weighted by atomic mass is 10.1. The highest BCUT2D eigenvalue weighted by molar-refractivity contribution is 5.95. The first-order valence-electron chi connectivity index (χ1n) is 10.4. The standard InChI is InChI=1S/C25H27N3O2/c26-25(29)23-16-27-14-12-24(23)30-22-10-8-19(9-11-22)13-15-28(18-21-6-7-21)17-20-4-2-1-3-5-20/h1-5,8-12,14,16,21H,6-7,13,15,17-18H2,(H2,26,29). The number of pyridine rings is 1. The Morgan fingerprint density at radius 3 is 2.50 bits per heavy atom. The molecule has 0 spiro atoms. The molecular formula is C25H27N3O2. The number of ether oxygens (including phenoxy) is 1. The zero-order valence-electron chi connectivity index (χ0n) is 17.0. The highest BCUT2D eigenvalue weighted by Gasteiger charge is 2.24. The summed E-state index contributed by atoms with van der Waals surface area (Å²) in [4.78, 5) is 18.0. The number of carbonyl (C=O) groups is 1. The largest absolute Gasteiger partial charge is 0.456 e. The van der Waals surface area contributed by atoms with Crippen molar-refractivity contribution in [2.45, 2.75) is 25.8 Å². The minimum atomic E-state index is -0.552. The van der Waals surface area contributed by atoms with E-state index >= 15 is 0 Å². The van der Waals surface area contributed by atoms with E-state index < -0.39 is 5.91 Å². The molecule has 154 valence electrons. The van der Waals surface area contributed by atoms with E-state index in [9.17, 15) is 4.79 Å². The molecule has 1 aliphatic rings. The van der Waals surface area contributed by atoms with Crippen molar-refractivity contribution in [1.82, 2.24) is 9.88 Å². The van der Waals surface area contributed by atoms with Gasteiger partial charge in [-0.05, 0) is 54.5 Å². The monoisotopic (exact) mass is 401 g/mol. The second-order valence-electron chi connectivity index (χ2n) is 7.90. The van der Waals surface area contributed by atoms with E-state index in [1.165, 1.54) is 36.7 Å². The molecule has 1 heterocycles. The summed E-state index contributed by atoms with van der Waals surface area (Å²) in [7, 11) is 0. The smallest absolute Gasteiger partial charge is 0.254 e. The lowest BCUT2D eigenvalue weighted by molar-refractivity contribution is 0.0997. The van der Waals surface area contributed by atoms with Gasteiger partial charge >= 0.3 is 0 Å². The summed E-state index contributed by atoms with van der Waals surface area (Å²) in [6.07, 6.45) is 6.71. The molecule has 4 rings (SSSR count). The lowest BCUT2D eigenvalue weighted by Gasteiger charge is -2.22.